The molecule has 0 amide bonds. The van der Waals surface area contributed by atoms with Crippen molar-refractivity contribution < 1.29 is 20.1 Å². The quantitative estimate of drug-likeness (QED) is 0.456. The molecule has 5 rings (SSSR count). The van der Waals surface area contributed by atoms with Gasteiger partial charge in [0.05, 0.1) is 18.1 Å². The summed E-state index contributed by atoms with van der Waals surface area (Å²) in [6.07, 6.45) is 11.7. The zero-order valence-electron chi connectivity index (χ0n) is 21.5. The van der Waals surface area contributed by atoms with Gasteiger partial charge >= 0.3 is 5.97 Å². The lowest BCUT2D eigenvalue weighted by Crippen LogP contribution is -2.62. The lowest BCUT2D eigenvalue weighted by Gasteiger charge is -2.67. The van der Waals surface area contributed by atoms with E-state index in [1.165, 1.54) is 5.57 Å². The molecule has 5 aliphatic rings. The topological polar surface area (TPSA) is 77.8 Å². The third-order valence-corrected chi connectivity index (χ3v) is 12.4. The van der Waals surface area contributed by atoms with Crippen molar-refractivity contribution in [1.82, 2.24) is 0 Å². The monoisotopic (exact) mass is 458 g/mol. The highest BCUT2D eigenvalue weighted by molar-refractivity contribution is 5.76. The zero-order valence-corrected chi connectivity index (χ0v) is 21.5. The number of carboxylic acid groups (broad SMARTS) is 1. The molecule has 0 aromatic heterocycles. The molecule has 0 aromatic rings. The van der Waals surface area contributed by atoms with Crippen LogP contribution in [0, 0.1) is 50.7 Å². The fourth-order valence-electron chi connectivity index (χ4n) is 10.2. The van der Waals surface area contributed by atoms with Crippen molar-refractivity contribution in [2.24, 2.45) is 50.7 Å². The van der Waals surface area contributed by atoms with Crippen LogP contribution in [0.15, 0.2) is 11.6 Å². The first-order chi connectivity index (χ1) is 15.3. The van der Waals surface area contributed by atoms with Gasteiger partial charge in [0.15, 0.2) is 0 Å². The van der Waals surface area contributed by atoms with Gasteiger partial charge in [0, 0.05) is 5.41 Å². The normalized spacial score (nSPS) is 53.1. The molecule has 0 heterocycles. The molecule has 9 atom stereocenters. The van der Waals surface area contributed by atoms with Crippen LogP contribution in [-0.4, -0.2) is 34.0 Å². The number of hydrogen-bond donors (Lipinski definition) is 3. The predicted octanol–water partition coefficient (Wildman–Crippen LogP) is 5.82. The lowest BCUT2D eigenvalue weighted by atomic mass is 9.38. The second-order valence-electron chi connectivity index (χ2n) is 14.3. The van der Waals surface area contributed by atoms with Crippen LogP contribution in [0.1, 0.15) is 98.8 Å². The van der Waals surface area contributed by atoms with Crippen LogP contribution in [0.2, 0.25) is 0 Å². The molecule has 0 aromatic carbocycles. The summed E-state index contributed by atoms with van der Waals surface area (Å²) < 4.78 is 0. The average Bonchev–Trinajstić information content (AvgIpc) is 2.75. The maximum absolute atomic E-state index is 12.7. The summed E-state index contributed by atoms with van der Waals surface area (Å²) in [5.74, 6) is 1.07. The van der Waals surface area contributed by atoms with Gasteiger partial charge in [-0.3, -0.25) is 4.79 Å². The summed E-state index contributed by atoms with van der Waals surface area (Å²) in [5.41, 5.74) is 0.900. The summed E-state index contributed by atoms with van der Waals surface area (Å²) in [6.45, 7) is 11.7. The first-order valence-electron chi connectivity index (χ1n) is 13.6. The summed E-state index contributed by atoms with van der Waals surface area (Å²) in [7, 11) is 0. The van der Waals surface area contributed by atoms with E-state index in [4.69, 9.17) is 0 Å². The maximum atomic E-state index is 12.7. The molecule has 0 unspecified atom stereocenters. The molecule has 4 fully saturated rings. The van der Waals surface area contributed by atoms with E-state index >= 15 is 0 Å². The zero-order chi connectivity index (χ0) is 24.0. The highest BCUT2D eigenvalue weighted by Gasteiger charge is 2.65. The third-order valence-electron chi connectivity index (χ3n) is 12.4. The first-order valence-corrected chi connectivity index (χ1v) is 13.6. The smallest absolute Gasteiger partial charge is 0.310 e. The van der Waals surface area contributed by atoms with Gasteiger partial charge in [-0.2, -0.15) is 0 Å². The molecule has 4 nitrogen and oxygen atoms in total. The molecule has 0 radical (unpaired) electrons. The van der Waals surface area contributed by atoms with E-state index < -0.39 is 22.9 Å². The van der Waals surface area contributed by atoms with Crippen molar-refractivity contribution in [1.29, 1.82) is 0 Å². The van der Waals surface area contributed by atoms with Gasteiger partial charge in [-0.25, -0.2) is 0 Å². The van der Waals surface area contributed by atoms with Crippen molar-refractivity contribution in [3.8, 4) is 0 Å². The van der Waals surface area contributed by atoms with E-state index in [1.54, 1.807) is 0 Å². The largest absolute Gasteiger partial charge is 0.481 e. The van der Waals surface area contributed by atoms with Crippen molar-refractivity contribution in [2.45, 2.75) is 105 Å². The fraction of sp³-hybridized carbons (Fsp3) is 0.897. The van der Waals surface area contributed by atoms with Crippen molar-refractivity contribution >= 4 is 5.97 Å². The Balaban J connectivity index is 1.55. The van der Waals surface area contributed by atoms with Crippen molar-refractivity contribution in [2.75, 3.05) is 6.61 Å². The van der Waals surface area contributed by atoms with E-state index in [2.05, 4.69) is 40.7 Å². The van der Waals surface area contributed by atoms with Crippen LogP contribution in [-0.2, 0) is 4.79 Å². The van der Waals surface area contributed by atoms with Crippen LogP contribution in [0.3, 0.4) is 0 Å². The first kappa shape index (κ1) is 23.9. The fourth-order valence-corrected chi connectivity index (χ4v) is 10.2. The van der Waals surface area contributed by atoms with E-state index in [1.807, 2.05) is 0 Å². The standard InChI is InChI=1S/C29H46O4/c1-25(2)12-14-29(24(32)33)15-13-26(3)18-8-9-22-27(4,11-10-23(31)28(22,5)17-30)19(18)6-7-20(26)21(29)16-25/h7,18-19,21-23,30-31H,6,8-17H2,1-5H3,(H,32,33)/t18-,19+,21+,22-,23-,26+,27-,28-,29+/m1/s1. The average molecular weight is 459 g/mol. The van der Waals surface area contributed by atoms with Gasteiger partial charge in [0.25, 0.3) is 0 Å². The Kier molecular flexibility index (Phi) is 5.29. The van der Waals surface area contributed by atoms with E-state index in [0.717, 1.165) is 64.2 Å². The number of aliphatic carboxylic acids is 1. The second-order valence-corrected chi connectivity index (χ2v) is 14.3. The lowest BCUT2D eigenvalue weighted by molar-refractivity contribution is -0.190. The van der Waals surface area contributed by atoms with Gasteiger partial charge in [0.1, 0.15) is 0 Å². The van der Waals surface area contributed by atoms with Crippen LogP contribution in [0.4, 0.5) is 0 Å². The molecule has 4 saturated carbocycles. The summed E-state index contributed by atoms with van der Waals surface area (Å²) in [4.78, 5) is 12.7. The van der Waals surface area contributed by atoms with Crippen molar-refractivity contribution in [3.63, 3.8) is 0 Å². The van der Waals surface area contributed by atoms with Crippen LogP contribution in [0.25, 0.3) is 0 Å². The Morgan fingerprint density at radius 2 is 1.67 bits per heavy atom. The molecule has 0 saturated heterocycles. The third kappa shape index (κ3) is 3.05. The Morgan fingerprint density at radius 3 is 2.33 bits per heavy atom. The minimum atomic E-state index is -0.570. The number of carbonyl (C=O) groups is 1. The molecule has 4 heteroatoms. The van der Waals surface area contributed by atoms with Gasteiger partial charge in [-0.15, -0.1) is 0 Å². The van der Waals surface area contributed by atoms with Crippen molar-refractivity contribution in [3.05, 3.63) is 11.6 Å². The summed E-state index contributed by atoms with van der Waals surface area (Å²) >= 11 is 0. The molecule has 186 valence electrons. The van der Waals surface area contributed by atoms with Crippen LogP contribution in [0.5, 0.6) is 0 Å². The molecular formula is C29H46O4. The van der Waals surface area contributed by atoms with E-state index in [-0.39, 0.29) is 28.8 Å². The Morgan fingerprint density at radius 1 is 0.970 bits per heavy atom. The predicted molar refractivity (Wildman–Crippen MR) is 129 cm³/mol. The minimum absolute atomic E-state index is 0.0580. The Labute approximate surface area is 200 Å². The molecule has 3 N–H and O–H groups in total. The van der Waals surface area contributed by atoms with E-state index in [9.17, 15) is 20.1 Å². The Bertz CT molecular complexity index is 862. The minimum Gasteiger partial charge on any atom is -0.481 e. The molecular weight excluding hydrogens is 412 g/mol. The molecule has 0 aliphatic heterocycles. The number of allylic oxidation sites excluding steroid dienone is 2. The summed E-state index contributed by atoms with van der Waals surface area (Å²) in [5, 5.41) is 31.6. The number of rotatable bonds is 2. The number of hydrogen-bond acceptors (Lipinski definition) is 3. The van der Waals surface area contributed by atoms with Gasteiger partial charge in [-0.05, 0) is 104 Å². The SMILES string of the molecule is CC1(C)CC[C@]2(C(=O)O)CC[C@]3(C)C(=CC[C@H]4[C@H]3CC[C@@H]3[C@]4(C)CC[C@@H](O)[C@]3(C)CO)[C@@H]2C1. The van der Waals surface area contributed by atoms with Gasteiger partial charge < -0.3 is 15.3 Å². The molecule has 0 bridgehead atoms. The molecule has 33 heavy (non-hydrogen) atoms. The van der Waals surface area contributed by atoms with Gasteiger partial charge in [0.2, 0.25) is 0 Å². The number of fused-ring (bicyclic) bond motifs is 7. The molecule has 5 aliphatic carbocycles. The highest BCUT2D eigenvalue weighted by atomic mass is 16.4. The highest BCUT2D eigenvalue weighted by Crippen LogP contribution is 2.71. The summed E-state index contributed by atoms with van der Waals surface area (Å²) in [6, 6.07) is 0. The number of aliphatic hydroxyl groups excluding tert-OH is 2. The number of carboxylic acids is 1. The second kappa shape index (κ2) is 7.32. The maximum Gasteiger partial charge on any atom is 0.310 e. The Hall–Kier alpha value is -0.870. The molecule has 0 spiro atoms. The van der Waals surface area contributed by atoms with Crippen LogP contribution < -0.4 is 0 Å². The van der Waals surface area contributed by atoms with E-state index in [0.29, 0.717) is 17.8 Å². The van der Waals surface area contributed by atoms with Gasteiger partial charge in [-0.1, -0.05) is 46.3 Å². The number of aliphatic hydroxyl groups is 2. The van der Waals surface area contributed by atoms with Crippen LogP contribution >= 0.6 is 0 Å².